The number of amides is 2. The number of hydrogen-bond acceptors (Lipinski definition) is 4. The predicted molar refractivity (Wildman–Crippen MR) is 107 cm³/mol. The Bertz CT molecular complexity index is 836. The molecule has 0 atom stereocenters. The lowest BCUT2D eigenvalue weighted by atomic mass is 10.0. The summed E-state index contributed by atoms with van der Waals surface area (Å²) in [7, 11) is 0. The Morgan fingerprint density at radius 2 is 1.64 bits per heavy atom. The number of nitrogens with one attached hydrogen (secondary N) is 1. The van der Waals surface area contributed by atoms with E-state index in [0.717, 1.165) is 55.1 Å². The molecule has 1 aliphatic rings. The molecular weight excluding hydrogens is 356 g/mol. The fourth-order valence-corrected chi connectivity index (χ4v) is 3.46. The largest absolute Gasteiger partial charge is 0.454 e. The maximum absolute atomic E-state index is 12.2. The highest BCUT2D eigenvalue weighted by Gasteiger charge is 2.17. The van der Waals surface area contributed by atoms with Gasteiger partial charge < -0.3 is 15.0 Å². The van der Waals surface area contributed by atoms with Gasteiger partial charge in [0.1, 0.15) is 6.54 Å². The molecule has 1 aliphatic heterocycles. The summed E-state index contributed by atoms with van der Waals surface area (Å²) in [6, 6.07) is 13.7. The summed E-state index contributed by atoms with van der Waals surface area (Å²) in [6.45, 7) is 0.936. The second-order valence-electron chi connectivity index (χ2n) is 7.05. The third kappa shape index (κ3) is 5.55. The summed E-state index contributed by atoms with van der Waals surface area (Å²) < 4.78 is 5.02. The summed E-state index contributed by atoms with van der Waals surface area (Å²) in [5.74, 6) is -1.03. The summed E-state index contributed by atoms with van der Waals surface area (Å²) in [4.78, 5) is 37.9. The molecule has 1 saturated heterocycles. The summed E-state index contributed by atoms with van der Waals surface area (Å²) in [5.41, 5.74) is 0.903. The first-order valence-corrected chi connectivity index (χ1v) is 9.80. The van der Waals surface area contributed by atoms with Gasteiger partial charge in [-0.2, -0.15) is 0 Å². The molecule has 2 amide bonds. The van der Waals surface area contributed by atoms with Crippen LogP contribution in [0.5, 0.6) is 0 Å². The van der Waals surface area contributed by atoms with Crippen molar-refractivity contribution in [2.45, 2.75) is 32.1 Å². The van der Waals surface area contributed by atoms with Crippen molar-refractivity contribution < 1.29 is 19.1 Å². The van der Waals surface area contributed by atoms with Crippen LogP contribution in [0.3, 0.4) is 0 Å². The van der Waals surface area contributed by atoms with Crippen LogP contribution in [0.15, 0.2) is 42.5 Å². The van der Waals surface area contributed by atoms with E-state index in [1.807, 2.05) is 42.5 Å². The van der Waals surface area contributed by atoms with Crippen molar-refractivity contribution in [1.82, 2.24) is 10.2 Å². The molecule has 2 aromatic carbocycles. The Balaban J connectivity index is 1.42. The second kappa shape index (κ2) is 9.88. The zero-order valence-corrected chi connectivity index (χ0v) is 16.0. The van der Waals surface area contributed by atoms with Crippen LogP contribution in [-0.2, 0) is 25.5 Å². The summed E-state index contributed by atoms with van der Waals surface area (Å²) >= 11 is 0. The van der Waals surface area contributed by atoms with Crippen LogP contribution in [0.25, 0.3) is 10.8 Å². The Morgan fingerprint density at radius 1 is 0.929 bits per heavy atom. The average Bonchev–Trinajstić information content (AvgIpc) is 3.00. The van der Waals surface area contributed by atoms with Gasteiger partial charge in [-0.25, -0.2) is 0 Å². The molecular formula is C22H26N2O4. The lowest BCUT2D eigenvalue weighted by molar-refractivity contribution is -0.151. The third-order valence-electron chi connectivity index (χ3n) is 4.98. The number of rotatable bonds is 6. The van der Waals surface area contributed by atoms with Crippen molar-refractivity contribution in [2.75, 3.05) is 26.2 Å². The number of fused-ring (bicyclic) bond motifs is 1. The zero-order chi connectivity index (χ0) is 19.8. The number of carbonyl (C=O) groups excluding carboxylic acids is 3. The van der Waals surface area contributed by atoms with Gasteiger partial charge in [0.2, 0.25) is 5.91 Å². The summed E-state index contributed by atoms with van der Waals surface area (Å²) in [6.07, 6.45) is 4.42. The smallest absolute Gasteiger partial charge is 0.325 e. The molecule has 0 aromatic heterocycles. The van der Waals surface area contributed by atoms with E-state index >= 15 is 0 Å². The molecule has 0 radical (unpaired) electrons. The highest BCUT2D eigenvalue weighted by molar-refractivity contribution is 5.91. The molecule has 1 N–H and O–H groups in total. The van der Waals surface area contributed by atoms with E-state index in [0.29, 0.717) is 0 Å². The first kappa shape index (κ1) is 19.9. The van der Waals surface area contributed by atoms with E-state index in [1.165, 1.54) is 0 Å². The minimum Gasteiger partial charge on any atom is -0.454 e. The van der Waals surface area contributed by atoms with Crippen LogP contribution >= 0.6 is 0 Å². The van der Waals surface area contributed by atoms with E-state index in [2.05, 4.69) is 5.32 Å². The number of likely N-dealkylation sites (tertiary alicyclic amines) is 1. The first-order valence-electron chi connectivity index (χ1n) is 9.80. The number of hydrogen-bond donors (Lipinski definition) is 1. The van der Waals surface area contributed by atoms with Gasteiger partial charge >= 0.3 is 5.97 Å². The Labute approximate surface area is 164 Å². The molecule has 0 spiro atoms. The quantitative estimate of drug-likeness (QED) is 0.779. The monoisotopic (exact) mass is 382 g/mol. The van der Waals surface area contributed by atoms with Crippen molar-refractivity contribution in [3.05, 3.63) is 48.0 Å². The van der Waals surface area contributed by atoms with Gasteiger partial charge in [-0.15, -0.1) is 0 Å². The zero-order valence-electron chi connectivity index (χ0n) is 16.0. The maximum Gasteiger partial charge on any atom is 0.325 e. The number of esters is 1. The molecule has 6 heteroatoms. The normalized spacial score (nSPS) is 14.4. The predicted octanol–water partition coefficient (Wildman–Crippen LogP) is 2.44. The third-order valence-corrected chi connectivity index (χ3v) is 4.98. The lowest BCUT2D eigenvalue weighted by Gasteiger charge is -2.19. The van der Waals surface area contributed by atoms with Crippen LogP contribution in [0, 0.1) is 0 Å². The molecule has 0 aliphatic carbocycles. The fourth-order valence-electron chi connectivity index (χ4n) is 3.46. The van der Waals surface area contributed by atoms with Crippen LogP contribution in [0.4, 0.5) is 0 Å². The molecule has 0 bridgehead atoms. The van der Waals surface area contributed by atoms with Crippen LogP contribution in [-0.4, -0.2) is 48.9 Å². The van der Waals surface area contributed by atoms with Gasteiger partial charge in [0.05, 0.1) is 6.42 Å². The highest BCUT2D eigenvalue weighted by atomic mass is 16.5. The van der Waals surface area contributed by atoms with E-state index in [4.69, 9.17) is 4.74 Å². The minimum absolute atomic E-state index is 0.169. The molecule has 6 nitrogen and oxygen atoms in total. The summed E-state index contributed by atoms with van der Waals surface area (Å²) in [5, 5.41) is 4.66. The lowest BCUT2D eigenvalue weighted by Crippen LogP contribution is -2.37. The van der Waals surface area contributed by atoms with Crippen LogP contribution in [0.2, 0.25) is 0 Å². The second-order valence-corrected chi connectivity index (χ2v) is 7.05. The highest BCUT2D eigenvalue weighted by Crippen LogP contribution is 2.18. The van der Waals surface area contributed by atoms with Crippen molar-refractivity contribution in [1.29, 1.82) is 0 Å². The average molecular weight is 382 g/mol. The Kier molecular flexibility index (Phi) is 7.00. The van der Waals surface area contributed by atoms with Gasteiger partial charge in [-0.3, -0.25) is 14.4 Å². The molecule has 0 unspecified atom stereocenters. The number of nitrogens with zero attached hydrogens (tertiary/aromatic N) is 1. The molecule has 3 rings (SSSR count). The van der Waals surface area contributed by atoms with Crippen molar-refractivity contribution in [3.8, 4) is 0 Å². The SMILES string of the molecule is O=C(Cc1cccc2ccccc12)NCC(=O)OCC(=O)N1CCCCCC1. The number of carbonyl (C=O) groups is 3. The van der Waals surface area contributed by atoms with E-state index in [9.17, 15) is 14.4 Å². The molecule has 28 heavy (non-hydrogen) atoms. The van der Waals surface area contributed by atoms with E-state index in [1.54, 1.807) is 4.90 Å². The van der Waals surface area contributed by atoms with Crippen molar-refractivity contribution >= 4 is 28.6 Å². The van der Waals surface area contributed by atoms with Gasteiger partial charge in [-0.1, -0.05) is 55.3 Å². The van der Waals surface area contributed by atoms with Gasteiger partial charge in [0.15, 0.2) is 6.61 Å². The molecule has 1 fully saturated rings. The van der Waals surface area contributed by atoms with Crippen molar-refractivity contribution in [2.24, 2.45) is 0 Å². The maximum atomic E-state index is 12.2. The standard InChI is InChI=1S/C22H26N2O4/c25-20(14-18-10-7-9-17-8-3-4-11-19(17)18)23-15-22(27)28-16-21(26)24-12-5-1-2-6-13-24/h3-4,7-11H,1-2,5-6,12-16H2,(H,23,25). The van der Waals surface area contributed by atoms with Gasteiger partial charge in [-0.05, 0) is 29.2 Å². The molecule has 2 aromatic rings. The minimum atomic E-state index is -0.602. The van der Waals surface area contributed by atoms with E-state index in [-0.39, 0.29) is 31.4 Å². The Morgan fingerprint density at radius 3 is 2.43 bits per heavy atom. The first-order chi connectivity index (χ1) is 13.6. The molecule has 1 heterocycles. The topological polar surface area (TPSA) is 75.7 Å². The van der Waals surface area contributed by atoms with Crippen LogP contribution in [0.1, 0.15) is 31.2 Å². The van der Waals surface area contributed by atoms with Gasteiger partial charge in [0, 0.05) is 13.1 Å². The number of benzene rings is 2. The molecule has 0 saturated carbocycles. The Hall–Kier alpha value is -2.89. The number of ether oxygens (including phenoxy) is 1. The fraction of sp³-hybridized carbons (Fsp3) is 0.409. The molecule has 148 valence electrons. The van der Waals surface area contributed by atoms with Gasteiger partial charge in [0.25, 0.3) is 5.91 Å². The van der Waals surface area contributed by atoms with Crippen LogP contribution < -0.4 is 5.32 Å². The van der Waals surface area contributed by atoms with Crippen molar-refractivity contribution in [3.63, 3.8) is 0 Å². The van der Waals surface area contributed by atoms with E-state index < -0.39 is 5.97 Å².